The molecule has 0 unspecified atom stereocenters. The Kier molecular flexibility index (Phi) is 2.12. The molecule has 0 saturated heterocycles. The maximum atomic E-state index is 2.34. The molecule has 0 spiro atoms. The zero-order chi connectivity index (χ0) is 8.48. The number of rotatable bonds is 1. The molecule has 2 nitrogen and oxygen atoms in total. The Bertz CT molecular complexity index is 155. The summed E-state index contributed by atoms with van der Waals surface area (Å²) < 4.78 is 0. The fraction of sp³-hybridized carbons (Fsp3) is 0.778. The summed E-state index contributed by atoms with van der Waals surface area (Å²) in [7, 11) is 0. The minimum Gasteiger partial charge on any atom is -0.359 e. The van der Waals surface area contributed by atoms with E-state index >= 15 is 0 Å². The third-order valence-corrected chi connectivity index (χ3v) is 2.06. The SMILES string of the molecule is CCN1C=CN(C(C)(C)C)C1. The highest BCUT2D eigenvalue weighted by atomic mass is 15.4. The van der Waals surface area contributed by atoms with Crippen molar-refractivity contribution in [1.29, 1.82) is 0 Å². The van der Waals surface area contributed by atoms with Gasteiger partial charge < -0.3 is 9.80 Å². The molecule has 0 N–H and O–H groups in total. The summed E-state index contributed by atoms with van der Waals surface area (Å²) in [5, 5.41) is 0. The minimum atomic E-state index is 0.264. The first-order valence-electron chi connectivity index (χ1n) is 4.23. The maximum Gasteiger partial charge on any atom is 0.0898 e. The minimum absolute atomic E-state index is 0.264. The van der Waals surface area contributed by atoms with Crippen LogP contribution in [0.2, 0.25) is 0 Å². The van der Waals surface area contributed by atoms with Gasteiger partial charge in [0.05, 0.1) is 6.67 Å². The maximum absolute atomic E-state index is 2.34. The zero-order valence-electron chi connectivity index (χ0n) is 7.96. The largest absolute Gasteiger partial charge is 0.359 e. The molecule has 1 aliphatic rings. The first kappa shape index (κ1) is 8.44. The van der Waals surface area contributed by atoms with Gasteiger partial charge in [-0.05, 0) is 27.7 Å². The summed E-state index contributed by atoms with van der Waals surface area (Å²) in [6.07, 6.45) is 4.33. The molecule has 0 saturated carbocycles. The van der Waals surface area contributed by atoms with E-state index in [0.717, 1.165) is 13.2 Å². The third kappa shape index (κ3) is 1.88. The number of nitrogens with zero attached hydrogens (tertiary/aromatic N) is 2. The highest BCUT2D eigenvalue weighted by Crippen LogP contribution is 2.18. The molecule has 0 aliphatic carbocycles. The Balaban J connectivity index is 2.50. The summed E-state index contributed by atoms with van der Waals surface area (Å²) >= 11 is 0. The lowest BCUT2D eigenvalue weighted by Crippen LogP contribution is -2.39. The molecule has 0 atom stereocenters. The fourth-order valence-electron chi connectivity index (χ4n) is 1.11. The molecule has 2 heteroatoms. The highest BCUT2D eigenvalue weighted by Gasteiger charge is 2.22. The van der Waals surface area contributed by atoms with Gasteiger partial charge >= 0.3 is 0 Å². The molecule has 1 rings (SSSR count). The Morgan fingerprint density at radius 2 is 1.91 bits per heavy atom. The average Bonchev–Trinajstić information content (AvgIpc) is 2.32. The molecule has 1 aliphatic heterocycles. The summed E-state index contributed by atoms with van der Waals surface area (Å²) in [6.45, 7) is 11.0. The molecule has 64 valence electrons. The van der Waals surface area contributed by atoms with Gasteiger partial charge in [-0.2, -0.15) is 0 Å². The van der Waals surface area contributed by atoms with Gasteiger partial charge in [0, 0.05) is 24.5 Å². The van der Waals surface area contributed by atoms with Crippen molar-refractivity contribution in [2.75, 3.05) is 13.2 Å². The van der Waals surface area contributed by atoms with Crippen LogP contribution in [-0.2, 0) is 0 Å². The highest BCUT2D eigenvalue weighted by molar-refractivity contribution is 4.95. The summed E-state index contributed by atoms with van der Waals surface area (Å²) in [5.41, 5.74) is 0.264. The van der Waals surface area contributed by atoms with Gasteiger partial charge in [0.15, 0.2) is 0 Å². The van der Waals surface area contributed by atoms with Crippen LogP contribution in [0.25, 0.3) is 0 Å². The van der Waals surface area contributed by atoms with E-state index < -0.39 is 0 Å². The summed E-state index contributed by atoms with van der Waals surface area (Å²) in [5.74, 6) is 0. The van der Waals surface area contributed by atoms with Crippen molar-refractivity contribution in [3.8, 4) is 0 Å². The van der Waals surface area contributed by atoms with Crippen LogP contribution < -0.4 is 0 Å². The van der Waals surface area contributed by atoms with Gasteiger partial charge in [-0.15, -0.1) is 0 Å². The average molecular weight is 154 g/mol. The van der Waals surface area contributed by atoms with E-state index in [2.05, 4.69) is 49.9 Å². The van der Waals surface area contributed by atoms with E-state index in [-0.39, 0.29) is 5.54 Å². The standard InChI is InChI=1S/C9H18N2/c1-5-10-6-7-11(8-10)9(2,3)4/h6-7H,5,8H2,1-4H3. The van der Waals surface area contributed by atoms with Gasteiger partial charge in [0.1, 0.15) is 0 Å². The lowest BCUT2D eigenvalue weighted by Gasteiger charge is -2.32. The number of hydrogen-bond donors (Lipinski definition) is 0. The Morgan fingerprint density at radius 1 is 1.27 bits per heavy atom. The van der Waals surface area contributed by atoms with Crippen LogP contribution in [0.3, 0.4) is 0 Å². The smallest absolute Gasteiger partial charge is 0.0898 e. The second-order valence-electron chi connectivity index (χ2n) is 3.99. The van der Waals surface area contributed by atoms with Crippen LogP contribution in [0.1, 0.15) is 27.7 Å². The fourth-order valence-corrected chi connectivity index (χ4v) is 1.11. The molecular formula is C9H18N2. The Hall–Kier alpha value is -0.660. The molecule has 0 aromatic heterocycles. The van der Waals surface area contributed by atoms with Crippen molar-refractivity contribution in [3.05, 3.63) is 12.4 Å². The van der Waals surface area contributed by atoms with Crippen molar-refractivity contribution in [2.24, 2.45) is 0 Å². The molecule has 0 aromatic rings. The lowest BCUT2D eigenvalue weighted by atomic mass is 10.1. The van der Waals surface area contributed by atoms with Crippen molar-refractivity contribution in [2.45, 2.75) is 33.2 Å². The molecule has 0 amide bonds. The number of hydrogen-bond acceptors (Lipinski definition) is 2. The van der Waals surface area contributed by atoms with E-state index in [1.54, 1.807) is 0 Å². The van der Waals surface area contributed by atoms with E-state index in [0.29, 0.717) is 0 Å². The van der Waals surface area contributed by atoms with Gasteiger partial charge in [0.25, 0.3) is 0 Å². The zero-order valence-corrected chi connectivity index (χ0v) is 7.96. The van der Waals surface area contributed by atoms with Crippen LogP contribution in [0, 0.1) is 0 Å². The molecular weight excluding hydrogens is 136 g/mol. The first-order chi connectivity index (χ1) is 5.04. The lowest BCUT2D eigenvalue weighted by molar-refractivity contribution is 0.165. The van der Waals surface area contributed by atoms with E-state index in [1.807, 2.05) is 0 Å². The molecule has 0 aromatic carbocycles. The van der Waals surface area contributed by atoms with Crippen LogP contribution in [0.5, 0.6) is 0 Å². The monoisotopic (exact) mass is 154 g/mol. The van der Waals surface area contributed by atoms with Crippen LogP contribution in [-0.4, -0.2) is 28.6 Å². The van der Waals surface area contributed by atoms with Gasteiger partial charge in [-0.1, -0.05) is 0 Å². The van der Waals surface area contributed by atoms with E-state index in [9.17, 15) is 0 Å². The normalized spacial score (nSPS) is 18.2. The molecule has 1 heterocycles. The van der Waals surface area contributed by atoms with Crippen LogP contribution >= 0.6 is 0 Å². The van der Waals surface area contributed by atoms with Crippen molar-refractivity contribution in [3.63, 3.8) is 0 Å². The first-order valence-corrected chi connectivity index (χ1v) is 4.23. The van der Waals surface area contributed by atoms with Gasteiger partial charge in [0.2, 0.25) is 0 Å². The molecule has 0 bridgehead atoms. The Morgan fingerprint density at radius 3 is 2.18 bits per heavy atom. The summed E-state index contributed by atoms with van der Waals surface area (Å²) in [4.78, 5) is 4.64. The van der Waals surface area contributed by atoms with Crippen molar-refractivity contribution >= 4 is 0 Å². The second-order valence-corrected chi connectivity index (χ2v) is 3.99. The third-order valence-electron chi connectivity index (χ3n) is 2.06. The van der Waals surface area contributed by atoms with E-state index in [4.69, 9.17) is 0 Å². The Labute approximate surface area is 69.5 Å². The molecule has 0 fully saturated rings. The summed E-state index contributed by atoms with van der Waals surface area (Å²) in [6, 6.07) is 0. The predicted molar refractivity (Wildman–Crippen MR) is 48.0 cm³/mol. The van der Waals surface area contributed by atoms with Crippen LogP contribution in [0.4, 0.5) is 0 Å². The van der Waals surface area contributed by atoms with Gasteiger partial charge in [-0.25, -0.2) is 0 Å². The van der Waals surface area contributed by atoms with Crippen molar-refractivity contribution in [1.82, 2.24) is 9.80 Å². The predicted octanol–water partition coefficient (Wildman–Crippen LogP) is 1.85. The second kappa shape index (κ2) is 2.76. The van der Waals surface area contributed by atoms with E-state index in [1.165, 1.54) is 0 Å². The van der Waals surface area contributed by atoms with Gasteiger partial charge in [-0.3, -0.25) is 0 Å². The molecule has 0 radical (unpaired) electrons. The van der Waals surface area contributed by atoms with Crippen molar-refractivity contribution < 1.29 is 0 Å². The van der Waals surface area contributed by atoms with Crippen LogP contribution in [0.15, 0.2) is 12.4 Å². The topological polar surface area (TPSA) is 6.48 Å². The molecule has 11 heavy (non-hydrogen) atoms. The quantitative estimate of drug-likeness (QED) is 0.568.